The number of aromatic nitrogens is 3. The molecule has 0 amide bonds. The van der Waals surface area contributed by atoms with E-state index in [4.69, 9.17) is 16.6 Å². The molecule has 5 nitrogen and oxygen atoms in total. The van der Waals surface area contributed by atoms with Crippen LogP contribution in [0, 0.1) is 0 Å². The maximum atomic E-state index is 13.5. The first-order chi connectivity index (χ1) is 19.0. The molecule has 3 aromatic carbocycles. The van der Waals surface area contributed by atoms with Crippen molar-refractivity contribution in [2.75, 3.05) is 13.1 Å². The van der Waals surface area contributed by atoms with E-state index in [0.29, 0.717) is 59.6 Å². The second-order valence-corrected chi connectivity index (χ2v) is 9.70. The molecule has 0 aliphatic carbocycles. The van der Waals surface area contributed by atoms with Gasteiger partial charge < -0.3 is 4.90 Å². The molecule has 0 saturated heterocycles. The average molecular weight is 578 g/mol. The lowest BCUT2D eigenvalue weighted by Crippen LogP contribution is -2.36. The molecule has 0 fully saturated rings. The molecule has 5 rings (SSSR count). The maximum absolute atomic E-state index is 13.5. The van der Waals surface area contributed by atoms with Gasteiger partial charge in [0.15, 0.2) is 11.5 Å². The summed E-state index contributed by atoms with van der Waals surface area (Å²) in [4.78, 5) is 6.69. The number of alkyl halides is 6. The first-order valence-electron chi connectivity index (χ1n) is 12.3. The number of amidine groups is 1. The van der Waals surface area contributed by atoms with E-state index in [1.165, 1.54) is 4.68 Å². The van der Waals surface area contributed by atoms with Crippen LogP contribution < -0.4 is 0 Å². The largest absolute Gasteiger partial charge is 0.416 e. The van der Waals surface area contributed by atoms with Crippen LogP contribution in [-0.4, -0.2) is 38.8 Å². The normalized spacial score (nSPS) is 14.4. The van der Waals surface area contributed by atoms with Gasteiger partial charge in [-0.15, -0.1) is 5.10 Å². The Labute approximate surface area is 230 Å². The molecule has 40 heavy (non-hydrogen) atoms. The molecule has 1 aliphatic rings. The summed E-state index contributed by atoms with van der Waals surface area (Å²) in [7, 11) is 0. The highest BCUT2D eigenvalue weighted by Gasteiger charge is 2.37. The first-order valence-corrected chi connectivity index (χ1v) is 12.7. The van der Waals surface area contributed by atoms with E-state index in [2.05, 4.69) is 10.3 Å². The van der Waals surface area contributed by atoms with E-state index >= 15 is 0 Å². The molecular formula is C28H22ClF6N5. The van der Waals surface area contributed by atoms with Gasteiger partial charge in [-0.2, -0.15) is 26.3 Å². The number of rotatable bonds is 6. The van der Waals surface area contributed by atoms with Crippen molar-refractivity contribution in [3.63, 3.8) is 0 Å². The van der Waals surface area contributed by atoms with Gasteiger partial charge in [-0.1, -0.05) is 65.3 Å². The zero-order valence-corrected chi connectivity index (χ0v) is 21.6. The van der Waals surface area contributed by atoms with E-state index < -0.39 is 23.5 Å². The number of hydrogen-bond acceptors (Lipinski definition) is 4. The van der Waals surface area contributed by atoms with Crippen LogP contribution in [0.1, 0.15) is 34.4 Å². The Morgan fingerprint density at radius 2 is 1.45 bits per heavy atom. The minimum absolute atomic E-state index is 0.109. The summed E-state index contributed by atoms with van der Waals surface area (Å²) in [6.45, 7) is 1.23. The fraction of sp³-hybridized carbons (Fsp3) is 0.250. The SMILES string of the molecule is FC(F)(F)c1cc(Cn2nnc(C3=NCCCN3Cc3ccccc3Cl)c2-c2ccccc2)cc(C(F)(F)F)c1. The summed E-state index contributed by atoms with van der Waals surface area (Å²) in [5.74, 6) is 0.524. The molecule has 0 spiro atoms. The smallest absolute Gasteiger partial charge is 0.351 e. The van der Waals surface area contributed by atoms with Crippen molar-refractivity contribution >= 4 is 17.4 Å². The lowest BCUT2D eigenvalue weighted by Gasteiger charge is -2.29. The Hall–Kier alpha value is -3.86. The Morgan fingerprint density at radius 1 is 0.800 bits per heavy atom. The van der Waals surface area contributed by atoms with Gasteiger partial charge in [0, 0.05) is 30.2 Å². The molecule has 0 N–H and O–H groups in total. The number of benzene rings is 3. The molecule has 4 aromatic rings. The highest BCUT2D eigenvalue weighted by molar-refractivity contribution is 6.31. The van der Waals surface area contributed by atoms with Crippen molar-refractivity contribution in [1.82, 2.24) is 19.9 Å². The summed E-state index contributed by atoms with van der Waals surface area (Å²) in [6.07, 6.45) is -9.13. The van der Waals surface area contributed by atoms with E-state index in [1.807, 2.05) is 23.1 Å². The van der Waals surface area contributed by atoms with Crippen molar-refractivity contribution in [2.24, 2.45) is 4.99 Å². The van der Waals surface area contributed by atoms with Crippen LogP contribution >= 0.6 is 11.6 Å². The lowest BCUT2D eigenvalue weighted by molar-refractivity contribution is -0.143. The van der Waals surface area contributed by atoms with Crippen molar-refractivity contribution in [3.8, 4) is 11.3 Å². The third-order valence-corrected chi connectivity index (χ3v) is 6.81. The van der Waals surface area contributed by atoms with Crippen molar-refractivity contribution < 1.29 is 26.3 Å². The van der Waals surface area contributed by atoms with Gasteiger partial charge in [-0.05, 0) is 41.8 Å². The summed E-state index contributed by atoms with van der Waals surface area (Å²) < 4.78 is 82.2. The number of aliphatic imine (C=N–C) groups is 1. The van der Waals surface area contributed by atoms with E-state index in [-0.39, 0.29) is 18.2 Å². The zero-order chi connectivity index (χ0) is 28.5. The van der Waals surface area contributed by atoms with Crippen molar-refractivity contribution in [3.05, 3.63) is 106 Å². The van der Waals surface area contributed by atoms with Gasteiger partial charge >= 0.3 is 12.4 Å². The molecule has 0 radical (unpaired) electrons. The van der Waals surface area contributed by atoms with Gasteiger partial charge in [-0.3, -0.25) is 4.99 Å². The number of halogens is 7. The van der Waals surface area contributed by atoms with Gasteiger partial charge in [0.2, 0.25) is 0 Å². The van der Waals surface area contributed by atoms with Gasteiger partial charge in [-0.25, -0.2) is 4.68 Å². The Kier molecular flexibility index (Phi) is 7.59. The number of nitrogens with zero attached hydrogens (tertiary/aromatic N) is 5. The third kappa shape index (κ3) is 5.99. The van der Waals surface area contributed by atoms with Gasteiger partial charge in [0.25, 0.3) is 0 Å². The molecule has 0 atom stereocenters. The fourth-order valence-corrected chi connectivity index (χ4v) is 4.80. The van der Waals surface area contributed by atoms with E-state index in [9.17, 15) is 26.3 Å². The quantitative estimate of drug-likeness (QED) is 0.225. The minimum Gasteiger partial charge on any atom is -0.351 e. The zero-order valence-electron chi connectivity index (χ0n) is 20.8. The molecule has 1 aliphatic heterocycles. The van der Waals surface area contributed by atoms with E-state index in [0.717, 1.165) is 12.0 Å². The van der Waals surface area contributed by atoms with Crippen LogP contribution in [0.4, 0.5) is 26.3 Å². The molecule has 0 bridgehead atoms. The topological polar surface area (TPSA) is 46.3 Å². The van der Waals surface area contributed by atoms with Crippen molar-refractivity contribution in [2.45, 2.75) is 31.9 Å². The third-order valence-electron chi connectivity index (χ3n) is 6.44. The highest BCUT2D eigenvalue weighted by Crippen LogP contribution is 2.37. The predicted molar refractivity (Wildman–Crippen MR) is 139 cm³/mol. The Balaban J connectivity index is 1.59. The van der Waals surface area contributed by atoms with Crippen LogP contribution in [0.5, 0.6) is 0 Å². The van der Waals surface area contributed by atoms with Crippen LogP contribution in [0.2, 0.25) is 5.02 Å². The second kappa shape index (κ2) is 11.0. The highest BCUT2D eigenvalue weighted by atomic mass is 35.5. The summed E-state index contributed by atoms with van der Waals surface area (Å²) in [5, 5.41) is 9.10. The van der Waals surface area contributed by atoms with Gasteiger partial charge in [0.05, 0.1) is 17.7 Å². The molecule has 12 heteroatoms. The molecule has 2 heterocycles. The lowest BCUT2D eigenvalue weighted by atomic mass is 10.0. The van der Waals surface area contributed by atoms with Crippen LogP contribution in [0.15, 0.2) is 77.8 Å². The summed E-state index contributed by atoms with van der Waals surface area (Å²) in [5.41, 5.74) is -0.679. The number of hydrogen-bond donors (Lipinski definition) is 0. The molecular weight excluding hydrogens is 556 g/mol. The Bertz CT molecular complexity index is 1500. The standard InChI is InChI=1S/C28H22ClF6N5/c29-23-10-5-4-9-20(23)17-39-12-6-11-36-26(39)24-25(19-7-2-1-3-8-19)40(38-37-24)16-18-13-21(27(30,31)32)15-22(14-18)28(33,34)35/h1-5,7-10,13-15H,6,11-12,16-17H2. The second-order valence-electron chi connectivity index (χ2n) is 9.30. The minimum atomic E-state index is -4.96. The molecule has 0 unspecified atom stereocenters. The van der Waals surface area contributed by atoms with Crippen LogP contribution in [0.25, 0.3) is 11.3 Å². The average Bonchev–Trinajstić information content (AvgIpc) is 3.33. The predicted octanol–water partition coefficient (Wildman–Crippen LogP) is 7.34. The molecule has 0 saturated carbocycles. The Morgan fingerprint density at radius 3 is 2.10 bits per heavy atom. The van der Waals surface area contributed by atoms with Crippen LogP contribution in [0.3, 0.4) is 0 Å². The first kappa shape index (κ1) is 27.7. The molecule has 208 valence electrons. The monoisotopic (exact) mass is 577 g/mol. The summed E-state index contributed by atoms with van der Waals surface area (Å²) >= 11 is 6.39. The maximum Gasteiger partial charge on any atom is 0.416 e. The summed E-state index contributed by atoms with van der Waals surface area (Å²) in [6, 6.07) is 17.8. The van der Waals surface area contributed by atoms with E-state index in [1.54, 1.807) is 36.4 Å². The van der Waals surface area contributed by atoms with Gasteiger partial charge in [0.1, 0.15) is 5.69 Å². The van der Waals surface area contributed by atoms with Crippen molar-refractivity contribution in [1.29, 1.82) is 0 Å². The fourth-order valence-electron chi connectivity index (χ4n) is 4.60. The van der Waals surface area contributed by atoms with Crippen LogP contribution in [-0.2, 0) is 25.4 Å². The molecule has 1 aromatic heterocycles.